The molecule has 0 aliphatic rings. The van der Waals surface area contributed by atoms with Crippen molar-refractivity contribution in [1.82, 2.24) is 0 Å². The summed E-state index contributed by atoms with van der Waals surface area (Å²) in [5, 5.41) is 10.1. The van der Waals surface area contributed by atoms with Crippen molar-refractivity contribution in [2.45, 2.75) is 0 Å². The molecule has 0 aliphatic heterocycles. The Morgan fingerprint density at radius 1 is 1.33 bits per heavy atom. The van der Waals surface area contributed by atoms with Gasteiger partial charge in [-0.05, 0) is 6.07 Å². The van der Waals surface area contributed by atoms with Crippen LogP contribution in [0.4, 0.5) is 5.69 Å². The predicted molar refractivity (Wildman–Crippen MR) is 61.4 cm³/mol. The van der Waals surface area contributed by atoms with Gasteiger partial charge in [0.25, 0.3) is 5.69 Å². The number of halogens is 3. The molecule has 0 radical (unpaired) electrons. The van der Waals surface area contributed by atoms with Gasteiger partial charge in [0.15, 0.2) is 0 Å². The molecule has 0 bridgehead atoms. The number of nitrogens with zero attached hydrogens (tertiary/aromatic N) is 1. The van der Waals surface area contributed by atoms with Gasteiger partial charge in [-0.25, -0.2) is 0 Å². The zero-order valence-corrected chi connectivity index (χ0v) is 10.8. The summed E-state index contributed by atoms with van der Waals surface area (Å²) in [6.07, 6.45) is 0. The van der Waals surface area contributed by atoms with E-state index < -0.39 is 13.2 Å². The second-order valence-corrected chi connectivity index (χ2v) is 6.70. The average Bonchev–Trinajstić information content (AvgIpc) is 2.00. The number of hydrogen-bond donors (Lipinski definition) is 0. The normalized spacial score (nSPS) is 10.1. The van der Waals surface area contributed by atoms with Crippen molar-refractivity contribution in [3.05, 3.63) is 38.9 Å². The molecule has 0 N–H and O–H groups in total. The monoisotopic (exact) mass is 335 g/mol. The molecule has 0 amide bonds. The fourth-order valence-electron chi connectivity index (χ4n) is 0.590. The number of rotatable bonds is 1. The lowest BCUT2D eigenvalue weighted by Crippen LogP contribution is -1.85. The topological polar surface area (TPSA) is 77.3 Å². The molecule has 0 fully saturated rings. The number of non-ortho nitro benzene ring substituents is 1. The summed E-state index contributed by atoms with van der Waals surface area (Å²) in [5.74, 6) is 0. The van der Waals surface area contributed by atoms with E-state index in [2.05, 4.69) is 37.3 Å². The highest BCUT2D eigenvalue weighted by atomic mass is 79.9. The molecule has 0 atom stereocenters. The Labute approximate surface area is 103 Å². The third kappa shape index (κ3) is 9.92. The van der Waals surface area contributed by atoms with E-state index in [-0.39, 0.29) is 5.69 Å². The average molecular weight is 337 g/mol. The van der Waals surface area contributed by atoms with Crippen molar-refractivity contribution in [1.29, 1.82) is 0 Å². The second-order valence-electron chi connectivity index (χ2n) is 2.12. The maximum atomic E-state index is 10.1. The molecule has 84 valence electrons. The van der Waals surface area contributed by atoms with Crippen LogP contribution >= 0.6 is 37.3 Å². The van der Waals surface area contributed by atoms with E-state index in [0.29, 0.717) is 0 Å². The molecule has 0 saturated heterocycles. The minimum atomic E-state index is -3.72. The van der Waals surface area contributed by atoms with Gasteiger partial charge in [-0.3, -0.25) is 10.1 Å². The van der Waals surface area contributed by atoms with Gasteiger partial charge in [0.1, 0.15) is 0 Å². The molecule has 0 heterocycles. The molecule has 0 aromatic heterocycles. The molecule has 1 rings (SSSR count). The number of hydrogen-bond acceptors (Lipinski definition) is 4. The van der Waals surface area contributed by atoms with E-state index >= 15 is 0 Å². The van der Waals surface area contributed by atoms with Crippen molar-refractivity contribution in [3.8, 4) is 0 Å². The van der Waals surface area contributed by atoms with Crippen molar-refractivity contribution in [2.24, 2.45) is 0 Å². The van der Waals surface area contributed by atoms with E-state index in [1.54, 1.807) is 12.1 Å². The molecule has 1 aromatic carbocycles. The maximum Gasteiger partial charge on any atom is 0.317 e. The highest BCUT2D eigenvalue weighted by molar-refractivity contribution is 9.10. The lowest BCUT2D eigenvalue weighted by atomic mass is 10.3. The van der Waals surface area contributed by atoms with Crippen LogP contribution < -0.4 is 0 Å². The second kappa shape index (κ2) is 6.26. The van der Waals surface area contributed by atoms with E-state index in [1.165, 1.54) is 12.1 Å². The highest BCUT2D eigenvalue weighted by Gasteiger charge is 2.02. The first-order valence-electron chi connectivity index (χ1n) is 3.24. The van der Waals surface area contributed by atoms with Gasteiger partial charge in [0, 0.05) is 38.0 Å². The van der Waals surface area contributed by atoms with E-state index in [4.69, 9.17) is 8.42 Å². The Morgan fingerprint density at radius 2 is 1.80 bits per heavy atom. The van der Waals surface area contributed by atoms with Gasteiger partial charge >= 0.3 is 8.26 Å². The van der Waals surface area contributed by atoms with Crippen molar-refractivity contribution < 1.29 is 13.3 Å². The highest BCUT2D eigenvalue weighted by Crippen LogP contribution is 2.16. The minimum absolute atomic E-state index is 0.106. The zero-order valence-electron chi connectivity index (χ0n) is 6.93. The van der Waals surface area contributed by atoms with Gasteiger partial charge in [-0.15, -0.1) is 0 Å². The van der Waals surface area contributed by atoms with Crippen LogP contribution in [0.15, 0.2) is 28.7 Å². The fraction of sp³-hybridized carbons (Fsp3) is 0. The van der Waals surface area contributed by atoms with Crippen LogP contribution in [-0.2, 0) is 8.26 Å². The zero-order chi connectivity index (χ0) is 12.1. The Balaban J connectivity index is 0.000000336. The molecule has 5 nitrogen and oxygen atoms in total. The van der Waals surface area contributed by atoms with Crippen LogP contribution in [0.2, 0.25) is 0 Å². The lowest BCUT2D eigenvalue weighted by molar-refractivity contribution is -0.384. The Morgan fingerprint density at radius 3 is 2.07 bits per heavy atom. The van der Waals surface area contributed by atoms with Crippen molar-refractivity contribution in [2.75, 3.05) is 0 Å². The molecule has 0 spiro atoms. The fourth-order valence-corrected chi connectivity index (χ4v) is 0.977. The number of nitro benzene ring substituents is 1. The first-order chi connectivity index (χ1) is 6.70. The van der Waals surface area contributed by atoms with Gasteiger partial charge in [-0.2, -0.15) is 8.42 Å². The summed E-state index contributed by atoms with van der Waals surface area (Å²) >= 11 is 3.13. The van der Waals surface area contributed by atoms with Crippen molar-refractivity contribution >= 4 is 51.2 Å². The SMILES string of the molecule is O=S(=O)(Cl)Cl.O=[N+]([O-])c1cccc(Br)c1. The maximum absolute atomic E-state index is 10.1. The molecule has 15 heavy (non-hydrogen) atoms. The molecule has 0 unspecified atom stereocenters. The van der Waals surface area contributed by atoms with Crippen LogP contribution in [0.3, 0.4) is 0 Å². The van der Waals surface area contributed by atoms with E-state index in [1.807, 2.05) is 0 Å². The summed E-state index contributed by atoms with van der Waals surface area (Å²) in [6, 6.07) is 6.28. The first kappa shape index (κ1) is 14.6. The third-order valence-electron chi connectivity index (χ3n) is 1.02. The Hall–Kier alpha value is -0.370. The number of nitro groups is 1. The molecular formula is C6H4BrCl2NO4S. The predicted octanol–water partition coefficient (Wildman–Crippen LogP) is 3.07. The van der Waals surface area contributed by atoms with Crippen LogP contribution in [0, 0.1) is 10.1 Å². The first-order valence-corrected chi connectivity index (χ1v) is 7.17. The standard InChI is InChI=1S/C6H4BrNO2.Cl2O2S/c7-5-2-1-3-6(4-5)8(9)10;1-5(2,3)4/h1-4H;. The van der Waals surface area contributed by atoms with Crippen molar-refractivity contribution in [3.63, 3.8) is 0 Å². The van der Waals surface area contributed by atoms with Gasteiger partial charge in [0.05, 0.1) is 4.92 Å². The largest absolute Gasteiger partial charge is 0.317 e. The summed E-state index contributed by atoms with van der Waals surface area (Å²) in [7, 11) is 4.81. The van der Waals surface area contributed by atoms with Crippen LogP contribution in [-0.4, -0.2) is 13.3 Å². The van der Waals surface area contributed by atoms with Gasteiger partial charge < -0.3 is 0 Å². The quantitative estimate of drug-likeness (QED) is 0.448. The summed E-state index contributed by atoms with van der Waals surface area (Å²) < 4.78 is 19.0. The van der Waals surface area contributed by atoms with Crippen LogP contribution in [0.5, 0.6) is 0 Å². The van der Waals surface area contributed by atoms with E-state index in [0.717, 1.165) is 4.47 Å². The molecule has 9 heteroatoms. The lowest BCUT2D eigenvalue weighted by Gasteiger charge is -1.89. The van der Waals surface area contributed by atoms with Gasteiger partial charge in [0.2, 0.25) is 0 Å². The minimum Gasteiger partial charge on any atom is -0.258 e. The summed E-state index contributed by atoms with van der Waals surface area (Å²) in [5.41, 5.74) is 0.106. The third-order valence-corrected chi connectivity index (χ3v) is 1.51. The Kier molecular flexibility index (Phi) is 6.11. The van der Waals surface area contributed by atoms with Gasteiger partial charge in [-0.1, -0.05) is 22.0 Å². The van der Waals surface area contributed by atoms with E-state index in [9.17, 15) is 10.1 Å². The smallest absolute Gasteiger partial charge is 0.258 e. The molecule has 0 aliphatic carbocycles. The summed E-state index contributed by atoms with van der Waals surface area (Å²) in [4.78, 5) is 9.71. The number of benzene rings is 1. The molecule has 1 aromatic rings. The molecular weight excluding hydrogens is 333 g/mol. The summed E-state index contributed by atoms with van der Waals surface area (Å²) in [6.45, 7) is 0. The van der Waals surface area contributed by atoms with Crippen LogP contribution in [0.25, 0.3) is 0 Å². The van der Waals surface area contributed by atoms with Crippen LogP contribution in [0.1, 0.15) is 0 Å². The molecule has 0 saturated carbocycles. The Bertz CT molecular complexity index is 442.